The minimum Gasteiger partial charge on any atom is -0.496 e. The smallest absolute Gasteiger partial charge is 0.234 e. The number of carbonyl (C=O) groups is 1. The van der Waals surface area contributed by atoms with Gasteiger partial charge < -0.3 is 20.6 Å². The number of nitrogen functional groups attached to an aromatic ring is 1. The van der Waals surface area contributed by atoms with E-state index in [1.54, 1.807) is 19.2 Å². The van der Waals surface area contributed by atoms with Crippen molar-refractivity contribution in [2.24, 2.45) is 0 Å². The summed E-state index contributed by atoms with van der Waals surface area (Å²) in [5.41, 5.74) is 1.42. The van der Waals surface area contributed by atoms with Gasteiger partial charge in [-0.1, -0.05) is 23.9 Å². The normalized spacial score (nSPS) is 10.5. The fourth-order valence-corrected chi connectivity index (χ4v) is 3.17. The van der Waals surface area contributed by atoms with Gasteiger partial charge in [-0.3, -0.25) is 4.79 Å². The van der Waals surface area contributed by atoms with Gasteiger partial charge in [0.05, 0.1) is 25.0 Å². The Kier molecular flexibility index (Phi) is 6.38. The molecular formula is C19H21N5O3S. The first-order valence-corrected chi connectivity index (χ1v) is 9.60. The van der Waals surface area contributed by atoms with Crippen molar-refractivity contribution in [1.29, 1.82) is 0 Å². The molecule has 2 aromatic carbocycles. The first kappa shape index (κ1) is 19.6. The Hall–Kier alpha value is -3.20. The highest BCUT2D eigenvalue weighted by atomic mass is 32.2. The molecular weight excluding hydrogens is 378 g/mol. The molecule has 0 atom stereocenters. The number of methoxy groups -OCH3 is 1. The molecule has 28 heavy (non-hydrogen) atoms. The third kappa shape index (κ3) is 4.55. The molecule has 0 radical (unpaired) electrons. The second-order valence-electron chi connectivity index (χ2n) is 5.67. The highest BCUT2D eigenvalue weighted by molar-refractivity contribution is 7.99. The SMILES string of the molecule is CCOc1ccc(NC(=O)CSc2nnc(-c3ccccc3OC)n2N)cc1. The maximum Gasteiger partial charge on any atom is 0.234 e. The van der Waals surface area contributed by atoms with Crippen molar-refractivity contribution in [3.8, 4) is 22.9 Å². The number of carbonyl (C=O) groups excluding carboxylic acids is 1. The van der Waals surface area contributed by atoms with Crippen molar-refractivity contribution < 1.29 is 14.3 Å². The number of nitrogens with one attached hydrogen (secondary N) is 1. The van der Waals surface area contributed by atoms with Crippen molar-refractivity contribution in [2.45, 2.75) is 12.1 Å². The minimum absolute atomic E-state index is 0.147. The van der Waals surface area contributed by atoms with Crippen LogP contribution in [0.15, 0.2) is 53.7 Å². The topological polar surface area (TPSA) is 104 Å². The first-order valence-electron chi connectivity index (χ1n) is 8.61. The molecule has 0 aliphatic heterocycles. The minimum atomic E-state index is -0.170. The molecule has 0 spiro atoms. The van der Waals surface area contributed by atoms with Crippen molar-refractivity contribution in [1.82, 2.24) is 14.9 Å². The quantitative estimate of drug-likeness (QED) is 0.443. The Balaban J connectivity index is 1.62. The van der Waals surface area contributed by atoms with Crippen LogP contribution in [0.3, 0.4) is 0 Å². The second-order valence-corrected chi connectivity index (χ2v) is 6.61. The van der Waals surface area contributed by atoms with Crippen LogP contribution in [0.5, 0.6) is 11.5 Å². The predicted octanol–water partition coefficient (Wildman–Crippen LogP) is 2.80. The van der Waals surface area contributed by atoms with Crippen molar-refractivity contribution in [3.63, 3.8) is 0 Å². The Labute approximate surface area is 167 Å². The zero-order valence-corrected chi connectivity index (χ0v) is 16.4. The van der Waals surface area contributed by atoms with Crippen LogP contribution in [0.1, 0.15) is 6.92 Å². The molecule has 9 heteroatoms. The van der Waals surface area contributed by atoms with Gasteiger partial charge >= 0.3 is 0 Å². The first-order chi connectivity index (χ1) is 13.6. The van der Waals surface area contributed by atoms with E-state index in [0.717, 1.165) is 11.3 Å². The average Bonchev–Trinajstić information content (AvgIpc) is 3.08. The van der Waals surface area contributed by atoms with Crippen LogP contribution in [0, 0.1) is 0 Å². The molecule has 0 fully saturated rings. The number of nitrogens with zero attached hydrogens (tertiary/aromatic N) is 3. The van der Waals surface area contributed by atoms with E-state index in [4.69, 9.17) is 15.3 Å². The number of rotatable bonds is 8. The largest absolute Gasteiger partial charge is 0.496 e. The molecule has 0 saturated heterocycles. The van der Waals surface area contributed by atoms with E-state index in [-0.39, 0.29) is 11.7 Å². The van der Waals surface area contributed by atoms with Gasteiger partial charge in [-0.25, -0.2) is 4.68 Å². The van der Waals surface area contributed by atoms with E-state index >= 15 is 0 Å². The number of benzene rings is 2. The summed E-state index contributed by atoms with van der Waals surface area (Å²) in [5.74, 6) is 7.96. The monoisotopic (exact) mass is 399 g/mol. The zero-order valence-electron chi connectivity index (χ0n) is 15.6. The molecule has 0 saturated carbocycles. The number of amides is 1. The highest BCUT2D eigenvalue weighted by Crippen LogP contribution is 2.29. The fourth-order valence-electron chi connectivity index (χ4n) is 2.52. The lowest BCUT2D eigenvalue weighted by Gasteiger charge is -2.08. The second kappa shape index (κ2) is 9.14. The van der Waals surface area contributed by atoms with E-state index in [0.29, 0.717) is 29.0 Å². The number of nitrogens with two attached hydrogens (primary N) is 1. The van der Waals surface area contributed by atoms with Gasteiger partial charge in [-0.15, -0.1) is 10.2 Å². The van der Waals surface area contributed by atoms with E-state index in [2.05, 4.69) is 15.5 Å². The van der Waals surface area contributed by atoms with E-state index < -0.39 is 0 Å². The molecule has 8 nitrogen and oxygen atoms in total. The number of ether oxygens (including phenoxy) is 2. The van der Waals surface area contributed by atoms with Crippen LogP contribution in [-0.4, -0.2) is 40.3 Å². The number of aromatic nitrogens is 3. The number of hydrogen-bond donors (Lipinski definition) is 2. The molecule has 0 aliphatic rings. The third-order valence-corrected chi connectivity index (χ3v) is 4.74. The molecule has 0 aliphatic carbocycles. The van der Waals surface area contributed by atoms with Crippen molar-refractivity contribution in [3.05, 3.63) is 48.5 Å². The number of para-hydroxylation sites is 1. The average molecular weight is 399 g/mol. The van der Waals surface area contributed by atoms with Crippen molar-refractivity contribution >= 4 is 23.4 Å². The summed E-state index contributed by atoms with van der Waals surface area (Å²) in [5, 5.41) is 11.5. The number of thioether (sulfide) groups is 1. The predicted molar refractivity (Wildman–Crippen MR) is 109 cm³/mol. The van der Waals surface area contributed by atoms with Crippen LogP contribution in [0.2, 0.25) is 0 Å². The summed E-state index contributed by atoms with van der Waals surface area (Å²) in [6, 6.07) is 14.6. The van der Waals surface area contributed by atoms with Gasteiger partial charge in [0.15, 0.2) is 5.82 Å². The van der Waals surface area contributed by atoms with Crippen molar-refractivity contribution in [2.75, 3.05) is 30.6 Å². The van der Waals surface area contributed by atoms with Crippen LogP contribution >= 0.6 is 11.8 Å². The van der Waals surface area contributed by atoms with Crippen LogP contribution in [0.25, 0.3) is 11.4 Å². The van der Waals surface area contributed by atoms with E-state index in [9.17, 15) is 4.79 Å². The lowest BCUT2D eigenvalue weighted by Crippen LogP contribution is -2.16. The summed E-state index contributed by atoms with van der Waals surface area (Å²) in [4.78, 5) is 12.2. The molecule has 1 amide bonds. The number of hydrogen-bond acceptors (Lipinski definition) is 7. The summed E-state index contributed by atoms with van der Waals surface area (Å²) in [6.07, 6.45) is 0. The van der Waals surface area contributed by atoms with E-state index in [1.165, 1.54) is 16.4 Å². The summed E-state index contributed by atoms with van der Waals surface area (Å²) in [7, 11) is 1.58. The maximum absolute atomic E-state index is 12.2. The van der Waals surface area contributed by atoms with Crippen LogP contribution in [0.4, 0.5) is 5.69 Å². The fraction of sp³-hybridized carbons (Fsp3) is 0.211. The molecule has 3 N–H and O–H groups in total. The molecule has 3 aromatic rings. The van der Waals surface area contributed by atoms with Gasteiger partial charge in [0.2, 0.25) is 11.1 Å². The van der Waals surface area contributed by atoms with Gasteiger partial charge in [-0.05, 0) is 43.3 Å². The highest BCUT2D eigenvalue weighted by Gasteiger charge is 2.16. The lowest BCUT2D eigenvalue weighted by molar-refractivity contribution is -0.113. The Morgan fingerprint density at radius 3 is 2.64 bits per heavy atom. The van der Waals surface area contributed by atoms with Crippen LogP contribution in [-0.2, 0) is 4.79 Å². The summed E-state index contributed by atoms with van der Waals surface area (Å²) >= 11 is 1.20. The summed E-state index contributed by atoms with van der Waals surface area (Å²) < 4.78 is 12.1. The molecule has 3 rings (SSSR count). The third-order valence-electron chi connectivity index (χ3n) is 3.79. The Morgan fingerprint density at radius 2 is 1.93 bits per heavy atom. The molecule has 1 heterocycles. The maximum atomic E-state index is 12.2. The van der Waals surface area contributed by atoms with Gasteiger partial charge in [0.1, 0.15) is 11.5 Å². The molecule has 146 valence electrons. The van der Waals surface area contributed by atoms with Crippen LogP contribution < -0.4 is 20.6 Å². The molecule has 0 unspecified atom stereocenters. The Bertz CT molecular complexity index is 943. The van der Waals surface area contributed by atoms with Gasteiger partial charge in [0.25, 0.3) is 0 Å². The summed E-state index contributed by atoms with van der Waals surface area (Å²) in [6.45, 7) is 2.52. The lowest BCUT2D eigenvalue weighted by atomic mass is 10.2. The molecule has 1 aromatic heterocycles. The molecule has 0 bridgehead atoms. The zero-order chi connectivity index (χ0) is 19.9. The van der Waals surface area contributed by atoms with E-state index in [1.807, 2.05) is 43.3 Å². The number of anilines is 1. The standard InChI is InChI=1S/C19H21N5O3S/c1-3-27-14-10-8-13(9-11-14)21-17(25)12-28-19-23-22-18(24(19)20)15-6-4-5-7-16(15)26-2/h4-11H,3,12,20H2,1-2H3,(H,21,25). The van der Waals surface area contributed by atoms with Gasteiger partial charge in [-0.2, -0.15) is 0 Å². The Morgan fingerprint density at radius 1 is 1.18 bits per heavy atom. The van der Waals surface area contributed by atoms with Gasteiger partial charge in [0, 0.05) is 5.69 Å².